The highest BCUT2D eigenvalue weighted by Crippen LogP contribution is 2.12. The number of nitrogens with zero attached hydrogens (tertiary/aromatic N) is 1. The minimum Gasteiger partial charge on any atom is -0.449 e. The van der Waals surface area contributed by atoms with Crippen LogP contribution in [0.3, 0.4) is 0 Å². The number of nitrogen functional groups attached to an aromatic ring is 1. The van der Waals surface area contributed by atoms with E-state index in [0.29, 0.717) is 11.3 Å². The van der Waals surface area contributed by atoms with Crippen molar-refractivity contribution in [3.8, 4) is 0 Å². The Morgan fingerprint density at radius 2 is 1.79 bits per heavy atom. The summed E-state index contributed by atoms with van der Waals surface area (Å²) in [5, 5.41) is 0. The number of hydrogen-bond donors (Lipinski definition) is 1. The van der Waals surface area contributed by atoms with Gasteiger partial charge in [0.15, 0.2) is 6.10 Å². The molecule has 0 aromatic heterocycles. The molecular weight excluding hydrogens is 244 g/mol. The van der Waals surface area contributed by atoms with E-state index >= 15 is 0 Å². The second-order valence-electron chi connectivity index (χ2n) is 4.70. The van der Waals surface area contributed by atoms with Crippen LogP contribution in [0.4, 0.5) is 5.69 Å². The van der Waals surface area contributed by atoms with Crippen LogP contribution < -0.4 is 5.73 Å². The summed E-state index contributed by atoms with van der Waals surface area (Å²) in [6, 6.07) is 6.43. The first-order valence-electron chi connectivity index (χ1n) is 6.43. The molecule has 1 atom stereocenters. The number of esters is 1. The fourth-order valence-corrected chi connectivity index (χ4v) is 2.09. The molecule has 19 heavy (non-hydrogen) atoms. The van der Waals surface area contributed by atoms with Crippen molar-refractivity contribution in [2.45, 2.75) is 25.9 Å². The molecule has 102 valence electrons. The van der Waals surface area contributed by atoms with E-state index in [1.807, 2.05) is 0 Å². The molecule has 1 unspecified atom stereocenters. The Bertz CT molecular complexity index is 464. The van der Waals surface area contributed by atoms with Gasteiger partial charge in [-0.1, -0.05) is 0 Å². The average molecular weight is 262 g/mol. The van der Waals surface area contributed by atoms with E-state index < -0.39 is 12.1 Å². The Hall–Kier alpha value is -2.04. The van der Waals surface area contributed by atoms with Crippen molar-refractivity contribution in [3.05, 3.63) is 29.8 Å². The van der Waals surface area contributed by atoms with Gasteiger partial charge in [-0.2, -0.15) is 0 Å². The average Bonchev–Trinajstić information content (AvgIpc) is 2.92. The first kappa shape index (κ1) is 13.4. The van der Waals surface area contributed by atoms with Gasteiger partial charge in [0.2, 0.25) is 0 Å². The monoisotopic (exact) mass is 262 g/mol. The highest BCUT2D eigenvalue weighted by Gasteiger charge is 2.26. The van der Waals surface area contributed by atoms with E-state index in [1.54, 1.807) is 36.1 Å². The van der Waals surface area contributed by atoms with Crippen LogP contribution in [-0.4, -0.2) is 36.0 Å². The number of anilines is 1. The van der Waals surface area contributed by atoms with Crippen LogP contribution in [0.1, 0.15) is 30.1 Å². The zero-order valence-electron chi connectivity index (χ0n) is 11.0. The molecule has 2 N–H and O–H groups in total. The third-order valence-electron chi connectivity index (χ3n) is 3.20. The zero-order valence-corrected chi connectivity index (χ0v) is 11.0. The Morgan fingerprint density at radius 3 is 2.37 bits per heavy atom. The number of rotatable bonds is 3. The molecule has 0 bridgehead atoms. The summed E-state index contributed by atoms with van der Waals surface area (Å²) in [7, 11) is 0. The Labute approximate surface area is 112 Å². The summed E-state index contributed by atoms with van der Waals surface area (Å²) < 4.78 is 5.18. The van der Waals surface area contributed by atoms with E-state index in [0.717, 1.165) is 25.9 Å². The lowest BCUT2D eigenvalue weighted by Crippen LogP contribution is -2.38. The molecule has 1 aliphatic rings. The first-order valence-corrected chi connectivity index (χ1v) is 6.43. The molecule has 1 saturated heterocycles. The summed E-state index contributed by atoms with van der Waals surface area (Å²) in [4.78, 5) is 25.6. The number of amides is 1. The molecule has 1 aromatic rings. The van der Waals surface area contributed by atoms with Gasteiger partial charge in [0.1, 0.15) is 0 Å². The lowest BCUT2D eigenvalue weighted by Gasteiger charge is -2.20. The number of nitrogens with two attached hydrogens (primary N) is 1. The molecule has 1 amide bonds. The second kappa shape index (κ2) is 5.73. The van der Waals surface area contributed by atoms with E-state index in [1.165, 1.54) is 0 Å². The van der Waals surface area contributed by atoms with E-state index in [4.69, 9.17) is 10.5 Å². The molecule has 5 heteroatoms. The molecule has 1 fully saturated rings. The normalized spacial score (nSPS) is 16.2. The number of carbonyl (C=O) groups excluding carboxylic acids is 2. The highest BCUT2D eigenvalue weighted by atomic mass is 16.5. The van der Waals surface area contributed by atoms with Gasteiger partial charge in [-0.15, -0.1) is 0 Å². The predicted molar refractivity (Wildman–Crippen MR) is 71.5 cm³/mol. The molecule has 5 nitrogen and oxygen atoms in total. The number of likely N-dealkylation sites (tertiary alicyclic amines) is 1. The van der Waals surface area contributed by atoms with Gasteiger partial charge < -0.3 is 15.4 Å². The summed E-state index contributed by atoms with van der Waals surface area (Å²) in [5.41, 5.74) is 6.53. The van der Waals surface area contributed by atoms with Gasteiger partial charge in [0.25, 0.3) is 5.91 Å². The maximum Gasteiger partial charge on any atom is 0.338 e. The SMILES string of the molecule is CC(OC(=O)c1ccc(N)cc1)C(=O)N1CCCC1. The van der Waals surface area contributed by atoms with Crippen LogP contribution in [0, 0.1) is 0 Å². The smallest absolute Gasteiger partial charge is 0.338 e. The summed E-state index contributed by atoms with van der Waals surface area (Å²) in [6.45, 7) is 3.11. The topological polar surface area (TPSA) is 72.6 Å². The van der Waals surface area contributed by atoms with Gasteiger partial charge in [0, 0.05) is 18.8 Å². The van der Waals surface area contributed by atoms with Gasteiger partial charge in [-0.25, -0.2) is 4.79 Å². The fourth-order valence-electron chi connectivity index (χ4n) is 2.09. The molecule has 0 saturated carbocycles. The van der Waals surface area contributed by atoms with E-state index in [9.17, 15) is 9.59 Å². The first-order chi connectivity index (χ1) is 9.08. The standard InChI is InChI=1S/C14H18N2O3/c1-10(13(17)16-8-2-3-9-16)19-14(18)11-4-6-12(15)7-5-11/h4-7,10H,2-3,8-9,15H2,1H3. The Kier molecular flexibility index (Phi) is 4.04. The Balaban J connectivity index is 1.94. The van der Waals surface area contributed by atoms with Crippen LogP contribution in [-0.2, 0) is 9.53 Å². The maximum atomic E-state index is 12.0. The number of hydrogen-bond acceptors (Lipinski definition) is 4. The third-order valence-corrected chi connectivity index (χ3v) is 3.20. The second-order valence-corrected chi connectivity index (χ2v) is 4.70. The van der Waals surface area contributed by atoms with Crippen LogP contribution >= 0.6 is 0 Å². The number of benzene rings is 1. The molecule has 1 aromatic carbocycles. The summed E-state index contributed by atoms with van der Waals surface area (Å²) >= 11 is 0. The Morgan fingerprint density at radius 1 is 1.21 bits per heavy atom. The van der Waals surface area contributed by atoms with E-state index in [2.05, 4.69) is 0 Å². The predicted octanol–water partition coefficient (Wildman–Crippen LogP) is 1.44. The summed E-state index contributed by atoms with van der Waals surface area (Å²) in [5.74, 6) is -0.624. The van der Waals surface area contributed by atoms with Crippen molar-refractivity contribution in [2.75, 3.05) is 18.8 Å². The van der Waals surface area contributed by atoms with Gasteiger partial charge in [-0.3, -0.25) is 4.79 Å². The number of carbonyl (C=O) groups is 2. The zero-order chi connectivity index (χ0) is 13.8. The van der Waals surface area contributed by atoms with Crippen LogP contribution in [0.5, 0.6) is 0 Å². The largest absolute Gasteiger partial charge is 0.449 e. The molecule has 0 radical (unpaired) electrons. The van der Waals surface area contributed by atoms with Gasteiger partial charge >= 0.3 is 5.97 Å². The van der Waals surface area contributed by atoms with Crippen molar-refractivity contribution >= 4 is 17.6 Å². The van der Waals surface area contributed by atoms with Crippen molar-refractivity contribution in [2.24, 2.45) is 0 Å². The molecule has 1 aliphatic heterocycles. The van der Waals surface area contributed by atoms with Crippen LogP contribution in [0.2, 0.25) is 0 Å². The molecule has 0 aliphatic carbocycles. The van der Waals surface area contributed by atoms with Crippen molar-refractivity contribution in [1.82, 2.24) is 4.90 Å². The highest BCUT2D eigenvalue weighted by molar-refractivity contribution is 5.92. The van der Waals surface area contributed by atoms with Crippen LogP contribution in [0.25, 0.3) is 0 Å². The molecule has 2 rings (SSSR count). The van der Waals surface area contributed by atoms with Gasteiger partial charge in [0.05, 0.1) is 5.56 Å². The summed E-state index contributed by atoms with van der Waals surface area (Å²) in [6.07, 6.45) is 1.29. The van der Waals surface area contributed by atoms with E-state index in [-0.39, 0.29) is 5.91 Å². The lowest BCUT2D eigenvalue weighted by molar-refractivity contribution is -0.138. The number of ether oxygens (including phenoxy) is 1. The quantitative estimate of drug-likeness (QED) is 0.660. The van der Waals surface area contributed by atoms with Crippen LogP contribution in [0.15, 0.2) is 24.3 Å². The molecule has 1 heterocycles. The van der Waals surface area contributed by atoms with Crippen molar-refractivity contribution < 1.29 is 14.3 Å². The minimum absolute atomic E-state index is 0.124. The third kappa shape index (κ3) is 3.24. The van der Waals surface area contributed by atoms with Crippen molar-refractivity contribution in [3.63, 3.8) is 0 Å². The van der Waals surface area contributed by atoms with Gasteiger partial charge in [-0.05, 0) is 44.0 Å². The maximum absolute atomic E-state index is 12.0. The molecular formula is C14H18N2O3. The fraction of sp³-hybridized carbons (Fsp3) is 0.429. The minimum atomic E-state index is -0.747. The molecule has 0 spiro atoms. The van der Waals surface area contributed by atoms with Crippen molar-refractivity contribution in [1.29, 1.82) is 0 Å². The lowest BCUT2D eigenvalue weighted by atomic mass is 10.2.